The summed E-state index contributed by atoms with van der Waals surface area (Å²) in [5, 5.41) is 15.6. The van der Waals surface area contributed by atoms with Gasteiger partial charge in [0.2, 0.25) is 0 Å². The molecular formula is C33H36F2N2O5. The van der Waals surface area contributed by atoms with Gasteiger partial charge in [-0.15, -0.1) is 0 Å². The highest BCUT2D eigenvalue weighted by molar-refractivity contribution is 5.89. The van der Waals surface area contributed by atoms with Crippen LogP contribution in [0.3, 0.4) is 0 Å². The topological polar surface area (TPSA) is 90.3 Å². The highest BCUT2D eigenvalue weighted by Gasteiger charge is 2.18. The molecule has 1 aliphatic heterocycles. The number of carboxylic acid groups (broad SMARTS) is 2. The van der Waals surface area contributed by atoms with E-state index in [1.807, 2.05) is 0 Å². The number of aliphatic carboxylic acids is 2. The molecule has 0 saturated carbocycles. The lowest BCUT2D eigenvalue weighted by Crippen LogP contribution is -2.47. The van der Waals surface area contributed by atoms with Crippen molar-refractivity contribution >= 4 is 18.0 Å². The van der Waals surface area contributed by atoms with Gasteiger partial charge >= 0.3 is 11.9 Å². The summed E-state index contributed by atoms with van der Waals surface area (Å²) >= 11 is 0. The van der Waals surface area contributed by atoms with Crippen molar-refractivity contribution in [2.75, 3.05) is 45.9 Å². The van der Waals surface area contributed by atoms with Gasteiger partial charge in [-0.2, -0.15) is 0 Å². The van der Waals surface area contributed by atoms with E-state index in [4.69, 9.17) is 14.9 Å². The van der Waals surface area contributed by atoms with Crippen LogP contribution in [0.25, 0.3) is 6.08 Å². The first-order valence-electron chi connectivity index (χ1n) is 13.6. The maximum Gasteiger partial charge on any atom is 0.328 e. The summed E-state index contributed by atoms with van der Waals surface area (Å²) in [7, 11) is 0. The number of hydrogen-bond donors (Lipinski definition) is 2. The summed E-state index contributed by atoms with van der Waals surface area (Å²) in [5.41, 5.74) is 4.23. The summed E-state index contributed by atoms with van der Waals surface area (Å²) < 4.78 is 33.0. The summed E-state index contributed by atoms with van der Waals surface area (Å²) in [6.07, 6.45) is 5.18. The average Bonchev–Trinajstić information content (AvgIpc) is 2.98. The highest BCUT2D eigenvalue weighted by atomic mass is 19.1. The molecule has 1 fully saturated rings. The van der Waals surface area contributed by atoms with E-state index in [1.165, 1.54) is 35.4 Å². The third-order valence-corrected chi connectivity index (χ3v) is 6.62. The Morgan fingerprint density at radius 1 is 0.786 bits per heavy atom. The van der Waals surface area contributed by atoms with E-state index in [2.05, 4.69) is 53.1 Å². The largest absolute Gasteiger partial charge is 0.478 e. The Labute approximate surface area is 245 Å². The quantitative estimate of drug-likeness (QED) is 0.294. The zero-order valence-electron chi connectivity index (χ0n) is 23.5. The van der Waals surface area contributed by atoms with Crippen LogP contribution in [0.4, 0.5) is 8.78 Å². The van der Waals surface area contributed by atoms with E-state index in [9.17, 15) is 18.4 Å². The van der Waals surface area contributed by atoms with Crippen LogP contribution in [-0.4, -0.2) is 77.8 Å². The van der Waals surface area contributed by atoms with Crippen LogP contribution < -0.4 is 0 Å². The van der Waals surface area contributed by atoms with Crippen molar-refractivity contribution in [1.82, 2.24) is 9.80 Å². The molecule has 1 saturated heterocycles. The molecular weight excluding hydrogens is 542 g/mol. The fourth-order valence-electron chi connectivity index (χ4n) is 4.31. The van der Waals surface area contributed by atoms with Crippen molar-refractivity contribution < 1.29 is 33.3 Å². The molecule has 0 radical (unpaired) electrons. The van der Waals surface area contributed by atoms with Crippen LogP contribution in [0.1, 0.15) is 28.4 Å². The van der Waals surface area contributed by atoms with E-state index in [-0.39, 0.29) is 17.7 Å². The first-order valence-corrected chi connectivity index (χ1v) is 13.6. The monoisotopic (exact) mass is 578 g/mol. The molecule has 0 bridgehead atoms. The Morgan fingerprint density at radius 2 is 1.26 bits per heavy atom. The summed E-state index contributed by atoms with van der Waals surface area (Å²) in [6.45, 7) is 8.48. The first kappa shape index (κ1) is 32.3. The number of carbonyl (C=O) groups is 2. The van der Waals surface area contributed by atoms with Gasteiger partial charge in [0.1, 0.15) is 17.7 Å². The van der Waals surface area contributed by atoms with Crippen LogP contribution in [-0.2, 0) is 14.3 Å². The normalized spacial score (nSPS) is 14.3. The molecule has 9 heteroatoms. The number of benzene rings is 3. The van der Waals surface area contributed by atoms with Crippen LogP contribution in [0.5, 0.6) is 0 Å². The third kappa shape index (κ3) is 11.7. The average molecular weight is 579 g/mol. The summed E-state index contributed by atoms with van der Waals surface area (Å²) in [5.74, 6) is -3.08. The molecule has 1 aliphatic rings. The molecule has 0 aliphatic carbocycles. The Balaban J connectivity index is 0.000000531. The third-order valence-electron chi connectivity index (χ3n) is 6.62. The Bertz CT molecular complexity index is 1260. The minimum Gasteiger partial charge on any atom is -0.478 e. The number of halogens is 2. The molecule has 0 unspecified atom stereocenters. The molecule has 3 aromatic carbocycles. The predicted molar refractivity (Wildman–Crippen MR) is 158 cm³/mol. The van der Waals surface area contributed by atoms with Crippen LogP contribution >= 0.6 is 0 Å². The van der Waals surface area contributed by atoms with Crippen molar-refractivity contribution in [2.45, 2.75) is 13.0 Å². The van der Waals surface area contributed by atoms with Gasteiger partial charge in [0, 0.05) is 51.4 Å². The predicted octanol–water partition coefficient (Wildman–Crippen LogP) is 5.42. The second kappa shape index (κ2) is 16.9. The van der Waals surface area contributed by atoms with E-state index in [1.54, 1.807) is 24.3 Å². The maximum atomic E-state index is 13.4. The van der Waals surface area contributed by atoms with Gasteiger partial charge in [0.15, 0.2) is 0 Å². The molecule has 3 aromatic rings. The highest BCUT2D eigenvalue weighted by Crippen LogP contribution is 2.26. The van der Waals surface area contributed by atoms with E-state index in [0.29, 0.717) is 18.8 Å². The van der Waals surface area contributed by atoms with Crippen molar-refractivity contribution in [3.63, 3.8) is 0 Å². The molecule has 1 heterocycles. The zero-order chi connectivity index (χ0) is 30.3. The second-order valence-electron chi connectivity index (χ2n) is 9.82. The Hall–Kier alpha value is -4.18. The molecule has 0 atom stereocenters. The molecule has 42 heavy (non-hydrogen) atoms. The van der Waals surface area contributed by atoms with Gasteiger partial charge in [-0.25, -0.2) is 18.4 Å². The van der Waals surface area contributed by atoms with Crippen LogP contribution in [0.15, 0.2) is 91.0 Å². The SMILES string of the molecule is Cc1ccc(/C=C/CN2CCN(CCOC(c3ccc(F)cc3)c3ccc(F)cc3)CC2)cc1.O=C(O)/C=C\C(=O)O. The van der Waals surface area contributed by atoms with Gasteiger partial charge in [-0.1, -0.05) is 66.2 Å². The second-order valence-corrected chi connectivity index (χ2v) is 9.82. The van der Waals surface area contributed by atoms with E-state index < -0.39 is 11.9 Å². The smallest absolute Gasteiger partial charge is 0.328 e. The van der Waals surface area contributed by atoms with Gasteiger partial charge in [-0.05, 0) is 47.9 Å². The number of hydrogen-bond acceptors (Lipinski definition) is 5. The molecule has 2 N–H and O–H groups in total. The van der Waals surface area contributed by atoms with Gasteiger partial charge < -0.3 is 14.9 Å². The number of piperazine rings is 1. The number of aryl methyl sites for hydroxylation is 1. The molecule has 4 rings (SSSR count). The fraction of sp³-hybridized carbons (Fsp3) is 0.273. The molecule has 0 amide bonds. The van der Waals surface area contributed by atoms with Gasteiger partial charge in [0.25, 0.3) is 0 Å². The number of carboxylic acids is 2. The van der Waals surface area contributed by atoms with E-state index in [0.717, 1.165) is 50.4 Å². The molecule has 222 valence electrons. The number of ether oxygens (including phenoxy) is 1. The fourth-order valence-corrected chi connectivity index (χ4v) is 4.31. The van der Waals surface area contributed by atoms with Crippen molar-refractivity contribution in [1.29, 1.82) is 0 Å². The lowest BCUT2D eigenvalue weighted by molar-refractivity contribution is -0.134. The number of nitrogens with zero attached hydrogens (tertiary/aromatic N) is 2. The van der Waals surface area contributed by atoms with E-state index >= 15 is 0 Å². The lowest BCUT2D eigenvalue weighted by Gasteiger charge is -2.34. The van der Waals surface area contributed by atoms with Crippen molar-refractivity contribution in [2.24, 2.45) is 0 Å². The molecule has 0 spiro atoms. The number of rotatable bonds is 11. The van der Waals surface area contributed by atoms with Crippen LogP contribution in [0, 0.1) is 18.6 Å². The maximum absolute atomic E-state index is 13.4. The Kier molecular flexibility index (Phi) is 13.0. The summed E-state index contributed by atoms with van der Waals surface area (Å²) in [4.78, 5) is 24.0. The van der Waals surface area contributed by atoms with Crippen molar-refractivity contribution in [3.05, 3.63) is 125 Å². The molecule has 0 aromatic heterocycles. The van der Waals surface area contributed by atoms with Crippen LogP contribution in [0.2, 0.25) is 0 Å². The van der Waals surface area contributed by atoms with Gasteiger partial charge in [0.05, 0.1) is 6.61 Å². The zero-order valence-corrected chi connectivity index (χ0v) is 23.5. The minimum atomic E-state index is -1.26. The minimum absolute atomic E-state index is 0.284. The lowest BCUT2D eigenvalue weighted by atomic mass is 10.0. The molecule has 7 nitrogen and oxygen atoms in total. The Morgan fingerprint density at radius 3 is 1.74 bits per heavy atom. The van der Waals surface area contributed by atoms with Crippen molar-refractivity contribution in [3.8, 4) is 0 Å². The standard InChI is InChI=1S/C29H32F2N2O.C4H4O4/c1-23-4-6-24(7-5-23)3-2-16-32-17-19-33(20-18-32)21-22-34-29(25-8-12-27(30)13-9-25)26-10-14-28(31)15-11-26;5-3(6)1-2-4(7)8/h2-15,29H,16-22H2,1H3;1-2H,(H,5,6)(H,7,8)/b3-2+;2-1-. The summed E-state index contributed by atoms with van der Waals surface area (Å²) in [6, 6.07) is 21.2. The first-order chi connectivity index (χ1) is 20.2. The van der Waals surface area contributed by atoms with Gasteiger partial charge in [-0.3, -0.25) is 9.80 Å².